The molecule has 6 heteroatoms. The molecule has 0 spiro atoms. The van der Waals surface area contributed by atoms with Gasteiger partial charge in [0.25, 0.3) is 0 Å². The molecule has 0 aromatic heterocycles. The van der Waals surface area contributed by atoms with E-state index in [0.29, 0.717) is 10.7 Å². The highest BCUT2D eigenvalue weighted by Crippen LogP contribution is 2.57. The molecule has 2 amide bonds. The highest BCUT2D eigenvalue weighted by Gasteiger charge is 2.75. The zero-order valence-corrected chi connectivity index (χ0v) is 11.0. The fraction of sp³-hybridized carbons (Fsp3) is 0.429. The molecule has 6 atom stereocenters. The lowest BCUT2D eigenvalue weighted by Crippen LogP contribution is -2.35. The largest absolute Gasteiger partial charge is 0.368 e. The molecule has 0 aliphatic carbocycles. The third kappa shape index (κ3) is 1.17. The summed E-state index contributed by atoms with van der Waals surface area (Å²) in [5, 5.41) is 0.575. The van der Waals surface area contributed by atoms with Crippen LogP contribution in [-0.4, -0.2) is 36.2 Å². The number of rotatable bonds is 1. The Morgan fingerprint density at radius 1 is 0.850 bits per heavy atom. The van der Waals surface area contributed by atoms with Crippen molar-refractivity contribution in [1.29, 1.82) is 0 Å². The van der Waals surface area contributed by atoms with Gasteiger partial charge in [0.15, 0.2) is 0 Å². The lowest BCUT2D eigenvalue weighted by atomic mass is 9.81. The molecular formula is C14H10ClNO4. The van der Waals surface area contributed by atoms with Crippen LogP contribution in [0.5, 0.6) is 0 Å². The molecule has 0 N–H and O–H groups in total. The predicted molar refractivity (Wildman–Crippen MR) is 68.2 cm³/mol. The van der Waals surface area contributed by atoms with Crippen molar-refractivity contribution in [3.63, 3.8) is 0 Å². The molecule has 0 radical (unpaired) electrons. The summed E-state index contributed by atoms with van der Waals surface area (Å²) in [4.78, 5) is 26.4. The summed E-state index contributed by atoms with van der Waals surface area (Å²) >= 11 is 5.84. The quantitative estimate of drug-likeness (QED) is 0.572. The van der Waals surface area contributed by atoms with Gasteiger partial charge in [-0.2, -0.15) is 0 Å². The summed E-state index contributed by atoms with van der Waals surface area (Å²) in [5.74, 6) is -1.12. The molecule has 0 saturated carbocycles. The van der Waals surface area contributed by atoms with Crippen LogP contribution in [0.25, 0.3) is 0 Å². The Hall–Kier alpha value is -1.43. The van der Waals surface area contributed by atoms with Crippen LogP contribution in [0, 0.1) is 11.8 Å². The van der Waals surface area contributed by atoms with E-state index in [-0.39, 0.29) is 48.1 Å². The van der Waals surface area contributed by atoms with E-state index in [1.807, 2.05) is 0 Å². The second-order valence-electron chi connectivity index (χ2n) is 5.67. The van der Waals surface area contributed by atoms with E-state index in [2.05, 4.69) is 0 Å². The van der Waals surface area contributed by atoms with Crippen molar-refractivity contribution in [2.75, 3.05) is 4.90 Å². The number of carbonyl (C=O) groups excluding carboxylic acids is 2. The Morgan fingerprint density at radius 2 is 1.35 bits per heavy atom. The number of amides is 2. The summed E-state index contributed by atoms with van der Waals surface area (Å²) in [6.45, 7) is 0. The van der Waals surface area contributed by atoms with Gasteiger partial charge >= 0.3 is 0 Å². The Morgan fingerprint density at radius 3 is 1.90 bits per heavy atom. The molecule has 4 fully saturated rings. The van der Waals surface area contributed by atoms with E-state index in [1.165, 1.54) is 4.90 Å². The van der Waals surface area contributed by atoms with Gasteiger partial charge in [-0.15, -0.1) is 0 Å². The number of hydrogen-bond acceptors (Lipinski definition) is 4. The van der Waals surface area contributed by atoms with Crippen molar-refractivity contribution in [2.24, 2.45) is 11.8 Å². The number of benzene rings is 1. The number of imide groups is 1. The van der Waals surface area contributed by atoms with Crippen molar-refractivity contribution in [3.05, 3.63) is 29.3 Å². The zero-order valence-electron chi connectivity index (χ0n) is 10.2. The first-order valence-electron chi connectivity index (χ1n) is 6.61. The second-order valence-corrected chi connectivity index (χ2v) is 6.11. The van der Waals surface area contributed by atoms with E-state index in [9.17, 15) is 9.59 Å². The minimum absolute atomic E-state index is 0.0168. The first kappa shape index (κ1) is 11.3. The molecule has 4 heterocycles. The highest BCUT2D eigenvalue weighted by molar-refractivity contribution is 6.30. The summed E-state index contributed by atoms with van der Waals surface area (Å²) in [7, 11) is 0. The summed E-state index contributed by atoms with van der Waals surface area (Å²) in [6, 6.07) is 6.74. The minimum atomic E-state index is -0.382. The van der Waals surface area contributed by atoms with E-state index < -0.39 is 0 Å². The first-order valence-corrected chi connectivity index (χ1v) is 6.99. The van der Waals surface area contributed by atoms with E-state index in [4.69, 9.17) is 21.1 Å². The fourth-order valence-corrected chi connectivity index (χ4v) is 3.95. The third-order valence-corrected chi connectivity index (χ3v) is 4.97. The van der Waals surface area contributed by atoms with Crippen LogP contribution in [-0.2, 0) is 19.1 Å². The number of epoxide rings is 1. The smallest absolute Gasteiger partial charge is 0.240 e. The van der Waals surface area contributed by atoms with Gasteiger partial charge in [-0.1, -0.05) is 11.6 Å². The number of fused-ring (bicyclic) bond motifs is 8. The highest BCUT2D eigenvalue weighted by atomic mass is 35.5. The van der Waals surface area contributed by atoms with E-state index in [0.717, 1.165) is 0 Å². The molecule has 4 aliphatic rings. The molecule has 102 valence electrons. The average molecular weight is 292 g/mol. The number of anilines is 1. The van der Waals surface area contributed by atoms with E-state index >= 15 is 0 Å². The van der Waals surface area contributed by atoms with Crippen LogP contribution < -0.4 is 4.90 Å². The van der Waals surface area contributed by atoms with Crippen LogP contribution in [0.2, 0.25) is 5.02 Å². The molecule has 20 heavy (non-hydrogen) atoms. The molecule has 6 unspecified atom stereocenters. The van der Waals surface area contributed by atoms with Crippen molar-refractivity contribution in [1.82, 2.24) is 0 Å². The first-order chi connectivity index (χ1) is 9.66. The van der Waals surface area contributed by atoms with Gasteiger partial charge in [-0.3, -0.25) is 9.59 Å². The molecule has 2 bridgehead atoms. The number of carbonyl (C=O) groups is 2. The topological polar surface area (TPSA) is 59.1 Å². The van der Waals surface area contributed by atoms with E-state index in [1.54, 1.807) is 24.3 Å². The van der Waals surface area contributed by atoms with Gasteiger partial charge in [0.05, 0.1) is 29.7 Å². The van der Waals surface area contributed by atoms with Crippen molar-refractivity contribution < 1.29 is 19.1 Å². The minimum Gasteiger partial charge on any atom is -0.368 e. The fourth-order valence-electron chi connectivity index (χ4n) is 3.83. The summed E-state index contributed by atoms with van der Waals surface area (Å²) < 4.78 is 11.2. The van der Waals surface area contributed by atoms with Crippen molar-refractivity contribution in [2.45, 2.75) is 24.4 Å². The van der Waals surface area contributed by atoms with Gasteiger partial charge in [0, 0.05) is 5.02 Å². The molecule has 1 aromatic carbocycles. The maximum atomic E-state index is 12.6. The monoisotopic (exact) mass is 291 g/mol. The molecule has 5 nitrogen and oxygen atoms in total. The number of hydrogen-bond donors (Lipinski definition) is 0. The average Bonchev–Trinajstić information content (AvgIpc) is 2.96. The van der Waals surface area contributed by atoms with Gasteiger partial charge in [-0.25, -0.2) is 4.90 Å². The van der Waals surface area contributed by atoms with Crippen LogP contribution in [0.3, 0.4) is 0 Å². The van der Waals surface area contributed by atoms with Crippen molar-refractivity contribution in [3.8, 4) is 0 Å². The van der Waals surface area contributed by atoms with Crippen LogP contribution in [0.1, 0.15) is 0 Å². The third-order valence-electron chi connectivity index (χ3n) is 4.71. The SMILES string of the molecule is O=C1C2C3OC(C4OC43)C2C(=O)N1c1ccc(Cl)cc1. The van der Waals surface area contributed by atoms with Gasteiger partial charge < -0.3 is 9.47 Å². The second kappa shape index (κ2) is 3.42. The van der Waals surface area contributed by atoms with Gasteiger partial charge in [0.1, 0.15) is 12.2 Å². The van der Waals surface area contributed by atoms with Crippen LogP contribution >= 0.6 is 11.6 Å². The number of halogens is 1. The Bertz CT molecular complexity index is 613. The number of nitrogens with zero attached hydrogens (tertiary/aromatic N) is 1. The summed E-state index contributed by atoms with van der Waals surface area (Å²) in [6.07, 6.45) is -0.459. The maximum absolute atomic E-state index is 12.6. The Balaban J connectivity index is 1.56. The standard InChI is InChI=1S/C14H10ClNO4/c15-5-1-3-6(4-2-5)16-13(17)7-8(14(16)18)10-12-11(20-12)9(7)19-10/h1-4,7-12H. The van der Waals surface area contributed by atoms with Crippen molar-refractivity contribution >= 4 is 29.1 Å². The van der Waals surface area contributed by atoms with Gasteiger partial charge in [0.2, 0.25) is 11.8 Å². The lowest BCUT2D eigenvalue weighted by Gasteiger charge is -2.18. The molecule has 4 aliphatic heterocycles. The molecule has 1 aromatic rings. The number of ether oxygens (including phenoxy) is 2. The Labute approximate surface area is 119 Å². The van der Waals surface area contributed by atoms with Crippen LogP contribution in [0.15, 0.2) is 24.3 Å². The maximum Gasteiger partial charge on any atom is 0.240 e. The summed E-state index contributed by atoms with van der Waals surface area (Å²) in [5.41, 5.74) is 0.577. The van der Waals surface area contributed by atoms with Crippen LogP contribution in [0.4, 0.5) is 5.69 Å². The predicted octanol–water partition coefficient (Wildman–Crippen LogP) is 0.994. The van der Waals surface area contributed by atoms with Gasteiger partial charge in [-0.05, 0) is 24.3 Å². The molecular weight excluding hydrogens is 282 g/mol. The zero-order chi connectivity index (χ0) is 13.6. The normalized spacial score (nSPS) is 44.0. The molecule has 4 saturated heterocycles. The molecule has 5 rings (SSSR count). The lowest BCUT2D eigenvalue weighted by molar-refractivity contribution is -0.126. The Kier molecular flexibility index (Phi) is 1.92.